The molecule has 0 aromatic heterocycles. The van der Waals surface area contributed by atoms with E-state index >= 15 is 0 Å². The van der Waals surface area contributed by atoms with Gasteiger partial charge in [0.05, 0.1) is 17.8 Å². The number of hydrogen-bond donors (Lipinski definition) is 4. The first-order valence-corrected chi connectivity index (χ1v) is 13.2. The number of carbonyl (C=O) groups excluding carboxylic acids is 1. The number of fused-ring (bicyclic) bond motifs is 5. The van der Waals surface area contributed by atoms with Crippen molar-refractivity contribution in [2.45, 2.75) is 121 Å². The Balaban J connectivity index is 1.33. The van der Waals surface area contributed by atoms with Crippen LogP contribution in [0.15, 0.2) is 11.6 Å². The summed E-state index contributed by atoms with van der Waals surface area (Å²) >= 11 is 0. The summed E-state index contributed by atoms with van der Waals surface area (Å²) in [5.41, 5.74) is 0.219. The second kappa shape index (κ2) is 8.35. The van der Waals surface area contributed by atoms with Gasteiger partial charge in [0.15, 0.2) is 6.29 Å². The van der Waals surface area contributed by atoms with Gasteiger partial charge in [0, 0.05) is 11.3 Å². The third-order valence-electron chi connectivity index (χ3n) is 10.9. The fourth-order valence-electron chi connectivity index (χ4n) is 8.68. The lowest BCUT2D eigenvalue weighted by molar-refractivity contribution is -0.306. The Morgan fingerprint density at radius 1 is 1.03 bits per heavy atom. The molecule has 0 aromatic rings. The van der Waals surface area contributed by atoms with Crippen LogP contribution in [0.3, 0.4) is 0 Å². The third-order valence-corrected chi connectivity index (χ3v) is 10.9. The summed E-state index contributed by atoms with van der Waals surface area (Å²) in [6.07, 6.45) is 3.60. The molecule has 0 aromatic carbocycles. The zero-order valence-electron chi connectivity index (χ0n) is 20.9. The largest absolute Gasteiger partial charge is 0.389 e. The van der Waals surface area contributed by atoms with Gasteiger partial charge in [-0.15, -0.1) is 0 Å². The highest BCUT2D eigenvalue weighted by atomic mass is 16.7. The average molecular weight is 479 g/mol. The number of Topliss-reactive ketones (excluding diaryl/α,β-unsaturated/α-hetero) is 1. The number of aliphatic hydroxyl groups excluding tert-OH is 3. The molecule has 1 aliphatic heterocycles. The number of aliphatic hydroxyl groups is 4. The van der Waals surface area contributed by atoms with E-state index in [0.717, 1.165) is 44.9 Å². The maximum absolute atomic E-state index is 12.4. The maximum Gasteiger partial charge on any atom is 0.186 e. The molecule has 4 aliphatic carbocycles. The number of ketones is 1. The zero-order chi connectivity index (χ0) is 24.6. The summed E-state index contributed by atoms with van der Waals surface area (Å²) < 4.78 is 11.8. The van der Waals surface area contributed by atoms with Crippen LogP contribution >= 0.6 is 0 Å². The SMILES string of the molecule is CC(=O)C1CCC2(O)C3CC=C4CC(OC5OC(C)C(O)C(O)C5O)CCC4(C)C3CCC12C. The van der Waals surface area contributed by atoms with Crippen molar-refractivity contribution in [3.63, 3.8) is 0 Å². The predicted molar refractivity (Wildman–Crippen MR) is 125 cm³/mol. The number of rotatable bonds is 3. The molecule has 4 fully saturated rings. The molecule has 0 bridgehead atoms. The van der Waals surface area contributed by atoms with E-state index in [4.69, 9.17) is 9.47 Å². The summed E-state index contributed by atoms with van der Waals surface area (Å²) in [6.45, 7) is 7.83. The Morgan fingerprint density at radius 3 is 2.47 bits per heavy atom. The summed E-state index contributed by atoms with van der Waals surface area (Å²) in [6, 6.07) is 0. The lowest BCUT2D eigenvalue weighted by Crippen LogP contribution is -2.61. The molecule has 192 valence electrons. The van der Waals surface area contributed by atoms with Crippen molar-refractivity contribution in [3.05, 3.63) is 11.6 Å². The van der Waals surface area contributed by atoms with Gasteiger partial charge in [-0.05, 0) is 82.5 Å². The number of ether oxygens (including phenoxy) is 2. The van der Waals surface area contributed by atoms with Crippen LogP contribution in [0.4, 0.5) is 0 Å². The van der Waals surface area contributed by atoms with Crippen LogP contribution in [0.5, 0.6) is 0 Å². The van der Waals surface area contributed by atoms with Crippen LogP contribution in [-0.2, 0) is 14.3 Å². The Labute approximate surface area is 202 Å². The van der Waals surface area contributed by atoms with Crippen LogP contribution < -0.4 is 0 Å². The van der Waals surface area contributed by atoms with Gasteiger partial charge in [-0.2, -0.15) is 0 Å². The van der Waals surface area contributed by atoms with Crippen molar-refractivity contribution in [1.82, 2.24) is 0 Å². The first kappa shape index (κ1) is 24.8. The van der Waals surface area contributed by atoms with Gasteiger partial charge in [-0.3, -0.25) is 4.79 Å². The number of allylic oxidation sites excluding steroid dienone is 1. The van der Waals surface area contributed by atoms with Crippen molar-refractivity contribution in [3.8, 4) is 0 Å². The first-order chi connectivity index (χ1) is 15.9. The summed E-state index contributed by atoms with van der Waals surface area (Å²) in [4.78, 5) is 12.4. The van der Waals surface area contributed by atoms with Crippen molar-refractivity contribution in [1.29, 1.82) is 0 Å². The molecule has 0 spiro atoms. The van der Waals surface area contributed by atoms with Gasteiger partial charge in [-0.1, -0.05) is 25.5 Å². The van der Waals surface area contributed by atoms with E-state index in [1.807, 2.05) is 0 Å². The molecule has 34 heavy (non-hydrogen) atoms. The number of hydrogen-bond acceptors (Lipinski definition) is 7. The fourth-order valence-corrected chi connectivity index (χ4v) is 8.68. The van der Waals surface area contributed by atoms with Crippen molar-refractivity contribution >= 4 is 5.78 Å². The standard InChI is InChI=1S/C27H42O7/c1-14(28)18-9-12-27(32)20-6-5-16-13-17(34-24-23(31)22(30)21(29)15(2)33-24)7-10-25(16,3)19(20)8-11-26(18,27)4/h5,15,17-24,29-32H,6-13H2,1-4H3. The molecular weight excluding hydrogens is 436 g/mol. The Morgan fingerprint density at radius 2 is 1.76 bits per heavy atom. The second-order valence-electron chi connectivity index (χ2n) is 12.4. The summed E-state index contributed by atoms with van der Waals surface area (Å²) in [5.74, 6) is 0.722. The summed E-state index contributed by atoms with van der Waals surface area (Å²) in [5, 5.41) is 42.5. The zero-order valence-corrected chi connectivity index (χ0v) is 20.9. The van der Waals surface area contributed by atoms with Gasteiger partial charge in [0.25, 0.3) is 0 Å². The molecular formula is C27H42O7. The maximum atomic E-state index is 12.4. The first-order valence-electron chi connectivity index (χ1n) is 13.2. The van der Waals surface area contributed by atoms with Gasteiger partial charge in [0.2, 0.25) is 0 Å². The molecule has 0 radical (unpaired) electrons. The molecule has 1 saturated heterocycles. The highest BCUT2D eigenvalue weighted by Crippen LogP contribution is 2.68. The Bertz CT molecular complexity index is 858. The van der Waals surface area contributed by atoms with Gasteiger partial charge < -0.3 is 29.9 Å². The topological polar surface area (TPSA) is 116 Å². The molecule has 5 aliphatic rings. The van der Waals surface area contributed by atoms with E-state index in [2.05, 4.69) is 19.9 Å². The van der Waals surface area contributed by atoms with Crippen LogP contribution in [0.25, 0.3) is 0 Å². The van der Waals surface area contributed by atoms with Gasteiger partial charge >= 0.3 is 0 Å². The minimum Gasteiger partial charge on any atom is -0.389 e. The average Bonchev–Trinajstić information content (AvgIpc) is 3.07. The minimum atomic E-state index is -1.29. The third kappa shape index (κ3) is 3.41. The lowest BCUT2D eigenvalue weighted by Gasteiger charge is -2.61. The molecule has 1 heterocycles. The molecule has 7 heteroatoms. The van der Waals surface area contributed by atoms with Crippen LogP contribution in [0, 0.1) is 28.6 Å². The van der Waals surface area contributed by atoms with Crippen LogP contribution in [-0.4, -0.2) is 68.6 Å². The van der Waals surface area contributed by atoms with Gasteiger partial charge in [0.1, 0.15) is 24.1 Å². The van der Waals surface area contributed by atoms with Crippen LogP contribution in [0.1, 0.15) is 79.1 Å². The van der Waals surface area contributed by atoms with E-state index in [1.54, 1.807) is 13.8 Å². The van der Waals surface area contributed by atoms with E-state index < -0.39 is 36.3 Å². The number of carbonyl (C=O) groups is 1. The molecule has 5 rings (SSSR count). The molecule has 7 nitrogen and oxygen atoms in total. The monoisotopic (exact) mass is 478 g/mol. The highest BCUT2D eigenvalue weighted by Gasteiger charge is 2.67. The molecule has 3 saturated carbocycles. The Hall–Kier alpha value is -0.830. The van der Waals surface area contributed by atoms with Crippen molar-refractivity contribution in [2.24, 2.45) is 28.6 Å². The summed E-state index contributed by atoms with van der Waals surface area (Å²) in [7, 11) is 0. The predicted octanol–water partition coefficient (Wildman–Crippen LogP) is 2.48. The molecule has 4 N–H and O–H groups in total. The minimum absolute atomic E-state index is 0.0107. The van der Waals surface area contributed by atoms with Crippen molar-refractivity contribution < 1.29 is 34.7 Å². The molecule has 12 atom stereocenters. The van der Waals surface area contributed by atoms with Crippen molar-refractivity contribution in [2.75, 3.05) is 0 Å². The second-order valence-corrected chi connectivity index (χ2v) is 12.4. The van der Waals surface area contributed by atoms with E-state index in [-0.39, 0.29) is 34.6 Å². The highest BCUT2D eigenvalue weighted by molar-refractivity contribution is 5.80. The molecule has 0 amide bonds. The normalized spacial score (nSPS) is 55.1. The smallest absolute Gasteiger partial charge is 0.186 e. The van der Waals surface area contributed by atoms with E-state index in [1.165, 1.54) is 5.57 Å². The quantitative estimate of drug-likeness (QED) is 0.461. The lowest BCUT2D eigenvalue weighted by atomic mass is 9.45. The van der Waals surface area contributed by atoms with E-state index in [9.17, 15) is 25.2 Å². The van der Waals surface area contributed by atoms with E-state index in [0.29, 0.717) is 12.3 Å². The van der Waals surface area contributed by atoms with Gasteiger partial charge in [-0.25, -0.2) is 0 Å². The molecule has 12 unspecified atom stereocenters. The van der Waals surface area contributed by atoms with Crippen LogP contribution in [0.2, 0.25) is 0 Å². The fraction of sp³-hybridized carbons (Fsp3) is 0.889. The Kier molecular flexibility index (Phi) is 6.10.